The molecule has 0 aliphatic heterocycles. The van der Waals surface area contributed by atoms with Crippen LogP contribution in [0.3, 0.4) is 0 Å². The zero-order valence-corrected chi connectivity index (χ0v) is 78.2. The second kappa shape index (κ2) is 43.0. The molecule has 668 valence electrons. The summed E-state index contributed by atoms with van der Waals surface area (Å²) in [6, 6.07) is 219. The first-order valence-electron chi connectivity index (χ1n) is 48.2. The largest absolute Gasteiger partial charge is 0.310 e. The van der Waals surface area contributed by atoms with Gasteiger partial charge in [0.2, 0.25) is 0 Å². The lowest BCUT2D eigenvalue weighted by Gasteiger charge is -2.27. The first-order chi connectivity index (χ1) is 69.9. The molecule has 0 fully saturated rings. The SMILES string of the molecule is c1ccc(-c2ccc(-c3ccc(N(c4ccc(-c5ccc(-c6ccccc6)cc5)cc4)c4cccc(-c5ccccc5-c5ccccc5)c4)cc3)cc2)cc1.c1ccc(-c2ccc(N(c3ccc(-c4ccccc4)cc3)c3cccc(-c4ccccc4-c4ccccc4)c3)cc2)cc1.c1ccc(-c2ccc(N(c3cccc(-c4ccccc4)c3)c3cccc(-c4ccccc4-c4ccccc4)c3)cc2)cc1. The predicted octanol–water partition coefficient (Wildman–Crippen LogP) is 38.8. The van der Waals surface area contributed by atoms with E-state index in [0.29, 0.717) is 0 Å². The van der Waals surface area contributed by atoms with Crippen LogP contribution in [0, 0.1) is 0 Å². The Labute approximate surface area is 828 Å². The smallest absolute Gasteiger partial charge is 0.0467 e. The van der Waals surface area contributed by atoms with Gasteiger partial charge >= 0.3 is 0 Å². The van der Waals surface area contributed by atoms with E-state index in [1.54, 1.807) is 0 Å². The van der Waals surface area contributed by atoms with Crippen LogP contribution in [0.4, 0.5) is 51.2 Å². The Morgan fingerprint density at radius 2 is 0.191 bits per heavy atom. The molecule has 3 nitrogen and oxygen atoms in total. The Balaban J connectivity index is 0.000000127. The first kappa shape index (κ1) is 89.0. The number of benzene rings is 23. The molecule has 0 atom stereocenters. The Hall–Kier alpha value is -18.5. The van der Waals surface area contributed by atoms with E-state index in [0.717, 1.165) is 51.2 Å². The van der Waals surface area contributed by atoms with Crippen molar-refractivity contribution in [2.24, 2.45) is 0 Å². The second-order valence-electron chi connectivity index (χ2n) is 35.0. The van der Waals surface area contributed by atoms with Crippen molar-refractivity contribution in [3.8, 4) is 156 Å². The number of rotatable bonds is 23. The van der Waals surface area contributed by atoms with Gasteiger partial charge in [0, 0.05) is 51.2 Å². The highest BCUT2D eigenvalue weighted by molar-refractivity contribution is 5.93. The van der Waals surface area contributed by atoms with Gasteiger partial charge in [0.25, 0.3) is 0 Å². The Kier molecular flexibility index (Phi) is 27.1. The molecule has 0 aliphatic carbocycles. The Morgan fingerprint density at radius 1 is 0.0709 bits per heavy atom. The zero-order chi connectivity index (χ0) is 94.5. The fraction of sp³-hybridized carbons (Fsp3) is 0. The van der Waals surface area contributed by atoms with Crippen LogP contribution in [-0.4, -0.2) is 0 Å². The molecule has 0 saturated carbocycles. The van der Waals surface area contributed by atoms with Crippen molar-refractivity contribution in [2.75, 3.05) is 14.7 Å². The highest BCUT2D eigenvalue weighted by Crippen LogP contribution is 2.47. The lowest BCUT2D eigenvalue weighted by Crippen LogP contribution is -2.10. The fourth-order valence-corrected chi connectivity index (χ4v) is 18.9. The van der Waals surface area contributed by atoms with Gasteiger partial charge in [-0.1, -0.05) is 504 Å². The summed E-state index contributed by atoms with van der Waals surface area (Å²) in [6.45, 7) is 0. The van der Waals surface area contributed by atoms with Crippen LogP contribution in [0.1, 0.15) is 0 Å². The molecule has 0 aromatic heterocycles. The predicted molar refractivity (Wildman–Crippen MR) is 599 cm³/mol. The lowest BCUT2D eigenvalue weighted by atomic mass is 9.94. The van der Waals surface area contributed by atoms with E-state index in [-0.39, 0.29) is 0 Å². The third-order valence-electron chi connectivity index (χ3n) is 26.1. The van der Waals surface area contributed by atoms with Crippen molar-refractivity contribution in [1.82, 2.24) is 0 Å². The van der Waals surface area contributed by atoms with Gasteiger partial charge in [-0.15, -0.1) is 0 Å². The average molecular weight is 1800 g/mol. The summed E-state index contributed by atoms with van der Waals surface area (Å²) < 4.78 is 0. The highest BCUT2D eigenvalue weighted by Gasteiger charge is 2.22. The average Bonchev–Trinajstić information content (AvgIpc) is 0.787. The maximum Gasteiger partial charge on any atom is 0.0467 e. The Bertz CT molecular complexity index is 7800. The summed E-state index contributed by atoms with van der Waals surface area (Å²) >= 11 is 0. The molecule has 3 heteroatoms. The summed E-state index contributed by atoms with van der Waals surface area (Å²) in [5.41, 5.74) is 43.7. The molecule has 0 aliphatic rings. The van der Waals surface area contributed by atoms with Crippen LogP contribution in [-0.2, 0) is 0 Å². The minimum absolute atomic E-state index is 1.10. The summed E-state index contributed by atoms with van der Waals surface area (Å²) in [6.07, 6.45) is 0. The molecule has 0 spiro atoms. The molecular weight excluding hydrogens is 1700 g/mol. The van der Waals surface area contributed by atoms with Gasteiger partial charge in [-0.25, -0.2) is 0 Å². The number of hydrogen-bond donors (Lipinski definition) is 0. The molecule has 23 rings (SSSR count). The first-order valence-corrected chi connectivity index (χ1v) is 48.2. The van der Waals surface area contributed by atoms with Crippen molar-refractivity contribution in [2.45, 2.75) is 0 Å². The minimum atomic E-state index is 1.10. The molecule has 0 heterocycles. The standard InChI is InChI=1S/C54H39N.2C42H31N/c1-4-13-40(14-5-1)42-23-27-44(28-24-42)46-31-35-50(36-32-46)55(51-37-33-47(34-38-51)45-29-25-43(26-30-45)41-15-6-2-7-16-41)52-20-12-19-49(39-52)54-22-11-10-21-53(54)48-17-8-3-9-18-48;1-4-14-32(15-5-1)34-26-28-38(29-27-34)43(39-22-12-20-36(30-39)33-16-6-2-7-17-33)40-23-13-21-37(31-40)42-25-11-10-24-41(42)35-18-8-3-9-19-35;1-4-13-32(14-5-1)34-23-27-38(28-24-34)43(39-29-25-35(26-30-39)33-15-6-2-7-16-33)40-20-12-19-37(31-40)42-22-11-10-21-41(42)36-17-8-3-9-18-36/h1-39H;2*1-31H. The molecule has 23 aromatic rings. The molecule has 0 N–H and O–H groups in total. The van der Waals surface area contributed by atoms with Crippen LogP contribution in [0.2, 0.25) is 0 Å². The summed E-state index contributed by atoms with van der Waals surface area (Å²) in [4.78, 5) is 7.06. The van der Waals surface area contributed by atoms with Gasteiger partial charge in [0.1, 0.15) is 0 Å². The van der Waals surface area contributed by atoms with Crippen LogP contribution >= 0.6 is 0 Å². The molecule has 0 amide bonds. The van der Waals surface area contributed by atoms with Crippen LogP contribution < -0.4 is 14.7 Å². The quantitative estimate of drug-likeness (QED) is 0.0632. The maximum atomic E-state index is 2.36. The molecule has 0 unspecified atom stereocenters. The van der Waals surface area contributed by atoms with Crippen molar-refractivity contribution >= 4 is 51.2 Å². The molecule has 141 heavy (non-hydrogen) atoms. The maximum absolute atomic E-state index is 2.36. The van der Waals surface area contributed by atoms with E-state index in [1.165, 1.54) is 156 Å². The molecule has 23 aromatic carbocycles. The molecule has 0 bridgehead atoms. The van der Waals surface area contributed by atoms with E-state index in [9.17, 15) is 0 Å². The van der Waals surface area contributed by atoms with Gasteiger partial charge in [-0.2, -0.15) is 0 Å². The van der Waals surface area contributed by atoms with E-state index >= 15 is 0 Å². The minimum Gasteiger partial charge on any atom is -0.310 e. The fourth-order valence-electron chi connectivity index (χ4n) is 18.9. The number of hydrogen-bond acceptors (Lipinski definition) is 3. The van der Waals surface area contributed by atoms with Gasteiger partial charge in [0.05, 0.1) is 0 Å². The van der Waals surface area contributed by atoms with E-state index < -0.39 is 0 Å². The monoisotopic (exact) mass is 1800 g/mol. The molecule has 0 saturated heterocycles. The van der Waals surface area contributed by atoms with E-state index in [4.69, 9.17) is 0 Å². The molecule has 0 radical (unpaired) electrons. The van der Waals surface area contributed by atoms with Gasteiger partial charge < -0.3 is 14.7 Å². The summed E-state index contributed by atoms with van der Waals surface area (Å²) in [7, 11) is 0. The van der Waals surface area contributed by atoms with E-state index in [1.807, 2.05) is 0 Å². The van der Waals surface area contributed by atoms with Gasteiger partial charge in [0.15, 0.2) is 0 Å². The molecular formula is C138H101N3. The van der Waals surface area contributed by atoms with Crippen LogP contribution in [0.15, 0.2) is 613 Å². The Morgan fingerprint density at radius 3 is 0.383 bits per heavy atom. The highest BCUT2D eigenvalue weighted by atomic mass is 15.2. The van der Waals surface area contributed by atoms with Crippen molar-refractivity contribution in [3.05, 3.63) is 613 Å². The number of anilines is 9. The van der Waals surface area contributed by atoms with Crippen LogP contribution in [0.25, 0.3) is 156 Å². The van der Waals surface area contributed by atoms with Gasteiger partial charge in [-0.05, 0) is 265 Å². The van der Waals surface area contributed by atoms with Crippen LogP contribution in [0.5, 0.6) is 0 Å². The number of nitrogens with zero attached hydrogens (tertiary/aromatic N) is 3. The van der Waals surface area contributed by atoms with E-state index in [2.05, 4.69) is 627 Å². The second-order valence-corrected chi connectivity index (χ2v) is 35.0. The third kappa shape index (κ3) is 20.8. The summed E-state index contributed by atoms with van der Waals surface area (Å²) in [5.74, 6) is 0. The van der Waals surface area contributed by atoms with Crippen molar-refractivity contribution in [1.29, 1.82) is 0 Å². The van der Waals surface area contributed by atoms with Crippen molar-refractivity contribution in [3.63, 3.8) is 0 Å². The third-order valence-corrected chi connectivity index (χ3v) is 26.1. The zero-order valence-electron chi connectivity index (χ0n) is 78.2. The summed E-state index contributed by atoms with van der Waals surface area (Å²) in [5, 5.41) is 0. The lowest BCUT2D eigenvalue weighted by molar-refractivity contribution is 1.28. The van der Waals surface area contributed by atoms with Crippen molar-refractivity contribution < 1.29 is 0 Å². The topological polar surface area (TPSA) is 9.72 Å². The normalized spacial score (nSPS) is 10.8. The van der Waals surface area contributed by atoms with Gasteiger partial charge in [-0.3, -0.25) is 0 Å².